The number of nitrogens with two attached hydrogens (primary N) is 1. The molecule has 1 fully saturated rings. The molecule has 13 heteroatoms. The number of aliphatic hydroxyl groups excluding tert-OH is 3. The lowest BCUT2D eigenvalue weighted by molar-refractivity contribution is -0.254. The van der Waals surface area contributed by atoms with Crippen LogP contribution in [-0.4, -0.2) is 99.2 Å². The van der Waals surface area contributed by atoms with Crippen molar-refractivity contribution in [2.24, 2.45) is 35.3 Å². The zero-order valence-corrected chi connectivity index (χ0v) is 34.4. The zero-order chi connectivity index (χ0) is 41.2. The number of aliphatic hydroxyl groups is 4. The van der Waals surface area contributed by atoms with E-state index in [1.54, 1.807) is 13.8 Å². The minimum atomic E-state index is -1.80. The van der Waals surface area contributed by atoms with Gasteiger partial charge in [0, 0.05) is 37.0 Å². The highest BCUT2D eigenvalue weighted by molar-refractivity contribution is 5.81. The van der Waals surface area contributed by atoms with Crippen molar-refractivity contribution in [1.29, 1.82) is 0 Å². The number of primary amides is 1. The lowest BCUT2D eigenvalue weighted by Crippen LogP contribution is -2.50. The van der Waals surface area contributed by atoms with E-state index in [1.165, 1.54) is 0 Å². The SMILES string of the molecule is CCC(=O)[C@@H](CC)[C@H](O)[C@@H](C)C[C@@H](C)[C@H]1OC(=O)C[C@@]2(O)CC=C(C)[C@@H](O2)/C(C)=C/CCC[C@H](O[C@H]2C[C@@H](OC(N)=O)[C@@H](O)[C@@H](C)O2)/C=C\[C@H](C)[C@H](O)[C@@H]1C. The van der Waals surface area contributed by atoms with E-state index in [1.807, 2.05) is 72.8 Å². The molecule has 3 heterocycles. The first-order valence-electron chi connectivity index (χ1n) is 20.3. The number of Topliss-reactive ketones (excluding diaryl/α,β-unsaturated/α-hetero) is 1. The number of carbonyl (C=O) groups is 3. The molecule has 6 N–H and O–H groups in total. The number of hydrogen-bond donors (Lipinski definition) is 5. The second-order valence-corrected chi connectivity index (χ2v) is 16.4. The molecule has 314 valence electrons. The Hall–Kier alpha value is -2.65. The van der Waals surface area contributed by atoms with Crippen molar-refractivity contribution in [2.45, 2.75) is 181 Å². The van der Waals surface area contributed by atoms with Gasteiger partial charge in [-0.1, -0.05) is 65.8 Å². The Morgan fingerprint density at radius 2 is 1.73 bits per heavy atom. The van der Waals surface area contributed by atoms with Crippen LogP contribution in [0, 0.1) is 29.6 Å². The summed E-state index contributed by atoms with van der Waals surface area (Å²) in [5.41, 5.74) is 7.06. The topological polar surface area (TPSA) is 204 Å². The van der Waals surface area contributed by atoms with Crippen LogP contribution in [0.4, 0.5) is 4.79 Å². The molecule has 1 amide bonds. The van der Waals surface area contributed by atoms with E-state index in [-0.39, 0.29) is 30.5 Å². The van der Waals surface area contributed by atoms with Gasteiger partial charge in [-0.05, 0) is 75.9 Å². The van der Waals surface area contributed by atoms with Crippen LogP contribution in [0.25, 0.3) is 0 Å². The fourth-order valence-electron chi connectivity index (χ4n) is 8.30. The molecule has 0 radical (unpaired) electrons. The van der Waals surface area contributed by atoms with E-state index in [9.17, 15) is 34.8 Å². The summed E-state index contributed by atoms with van der Waals surface area (Å²) in [6, 6.07) is 0. The average molecular weight is 780 g/mol. The third-order valence-corrected chi connectivity index (χ3v) is 11.7. The van der Waals surface area contributed by atoms with Crippen molar-refractivity contribution in [3.63, 3.8) is 0 Å². The molecule has 3 aliphatic rings. The lowest BCUT2D eigenvalue weighted by atomic mass is 9.77. The molecule has 55 heavy (non-hydrogen) atoms. The van der Waals surface area contributed by atoms with Crippen molar-refractivity contribution in [1.82, 2.24) is 0 Å². The molecule has 0 spiro atoms. The van der Waals surface area contributed by atoms with Crippen molar-refractivity contribution in [3.8, 4) is 0 Å². The van der Waals surface area contributed by atoms with E-state index >= 15 is 0 Å². The number of amides is 1. The molecule has 0 aromatic carbocycles. The summed E-state index contributed by atoms with van der Waals surface area (Å²) in [7, 11) is 0. The first kappa shape index (κ1) is 46.7. The molecule has 0 aromatic heterocycles. The summed E-state index contributed by atoms with van der Waals surface area (Å²) in [6.45, 7) is 16.6. The molecular formula is C42H69NO12. The van der Waals surface area contributed by atoms with E-state index in [0.29, 0.717) is 38.5 Å². The number of allylic oxidation sites excluding steroid dienone is 1. The first-order valence-corrected chi connectivity index (χ1v) is 20.3. The number of ketones is 1. The number of carbonyl (C=O) groups excluding carboxylic acids is 3. The predicted octanol–water partition coefficient (Wildman–Crippen LogP) is 5.41. The van der Waals surface area contributed by atoms with Crippen LogP contribution < -0.4 is 5.73 Å². The van der Waals surface area contributed by atoms with Gasteiger partial charge in [-0.15, -0.1) is 0 Å². The Morgan fingerprint density at radius 3 is 2.36 bits per heavy atom. The smallest absolute Gasteiger partial charge is 0.404 e. The minimum Gasteiger partial charge on any atom is -0.462 e. The highest BCUT2D eigenvalue weighted by Gasteiger charge is 2.42. The normalized spacial score (nSPS) is 38.0. The molecule has 0 aliphatic carbocycles. The van der Waals surface area contributed by atoms with Gasteiger partial charge in [-0.2, -0.15) is 0 Å². The third kappa shape index (κ3) is 13.2. The predicted molar refractivity (Wildman–Crippen MR) is 206 cm³/mol. The molecule has 3 rings (SSSR count). The van der Waals surface area contributed by atoms with Crippen molar-refractivity contribution < 1.29 is 58.5 Å². The highest BCUT2D eigenvalue weighted by Crippen LogP contribution is 2.36. The van der Waals surface area contributed by atoms with E-state index in [0.717, 1.165) is 11.1 Å². The van der Waals surface area contributed by atoms with Gasteiger partial charge < -0.3 is 49.8 Å². The van der Waals surface area contributed by atoms with Crippen LogP contribution in [0.15, 0.2) is 35.5 Å². The fourth-order valence-corrected chi connectivity index (χ4v) is 8.30. The van der Waals surface area contributed by atoms with Crippen LogP contribution in [-0.2, 0) is 33.3 Å². The summed E-state index contributed by atoms with van der Waals surface area (Å²) in [5.74, 6) is -4.64. The summed E-state index contributed by atoms with van der Waals surface area (Å²) >= 11 is 0. The molecule has 0 unspecified atom stereocenters. The Bertz CT molecular complexity index is 1370. The van der Waals surface area contributed by atoms with Crippen LogP contribution in [0.2, 0.25) is 0 Å². The molecule has 0 aromatic rings. The van der Waals surface area contributed by atoms with Crippen molar-refractivity contribution in [3.05, 3.63) is 35.5 Å². The van der Waals surface area contributed by atoms with Gasteiger partial charge in [0.25, 0.3) is 0 Å². The molecular weight excluding hydrogens is 710 g/mol. The van der Waals surface area contributed by atoms with Gasteiger partial charge >= 0.3 is 12.1 Å². The third-order valence-electron chi connectivity index (χ3n) is 11.7. The number of cyclic esters (lactones) is 1. The molecule has 2 bridgehead atoms. The summed E-state index contributed by atoms with van der Waals surface area (Å²) in [4.78, 5) is 37.8. The number of rotatable bonds is 11. The largest absolute Gasteiger partial charge is 0.462 e. The van der Waals surface area contributed by atoms with Gasteiger partial charge in [-0.3, -0.25) is 9.59 Å². The quantitative estimate of drug-likeness (QED) is 0.132. The Balaban J connectivity index is 1.95. The maximum atomic E-state index is 13.7. The van der Waals surface area contributed by atoms with Crippen LogP contribution in [0.1, 0.15) is 120 Å². The Morgan fingerprint density at radius 1 is 1.05 bits per heavy atom. The maximum absolute atomic E-state index is 13.7. The fraction of sp³-hybridized carbons (Fsp3) is 0.786. The van der Waals surface area contributed by atoms with Gasteiger partial charge in [0.05, 0.1) is 30.8 Å². The maximum Gasteiger partial charge on any atom is 0.404 e. The first-order chi connectivity index (χ1) is 25.8. The highest BCUT2D eigenvalue weighted by atomic mass is 16.7. The second kappa shape index (κ2) is 21.2. The van der Waals surface area contributed by atoms with Crippen LogP contribution in [0.5, 0.6) is 0 Å². The molecule has 15 atom stereocenters. The number of hydrogen-bond acceptors (Lipinski definition) is 12. The van der Waals surface area contributed by atoms with Gasteiger partial charge in [0.2, 0.25) is 0 Å². The second-order valence-electron chi connectivity index (χ2n) is 16.4. The molecule has 3 aliphatic heterocycles. The van der Waals surface area contributed by atoms with E-state index < -0.39 is 97.1 Å². The van der Waals surface area contributed by atoms with Crippen molar-refractivity contribution >= 4 is 17.8 Å². The van der Waals surface area contributed by atoms with E-state index in [4.69, 9.17) is 29.4 Å². The standard InChI is InChI=1S/C42H69NO12/c1-10-31(32(44)11-2)37(47)26(6)20-27(7)40-28(8)36(46)23(3)16-17-30(52-35-21-33(53-41(43)49)38(48)29(9)51-35)15-13-12-14-24(4)39-25(5)18-19-42(50,55-39)22-34(45)54-40/h14,16-18,23,26-31,33,35-40,46-48,50H,10-13,15,19-22H2,1-9H3,(H2,43,49)/b17-16-,24-14+/t23-,26-,27+,28-,29+,30-,31+,33+,35-,36-,37+,38-,39-,40+,42+/m0/s1. The summed E-state index contributed by atoms with van der Waals surface area (Å²) in [5, 5.41) is 45.1. The number of fused-ring (bicyclic) bond motifs is 2. The lowest BCUT2D eigenvalue weighted by Gasteiger charge is -2.39. The molecule has 0 saturated carbocycles. The molecule has 13 nitrogen and oxygen atoms in total. The van der Waals surface area contributed by atoms with Crippen LogP contribution >= 0.6 is 0 Å². The number of esters is 1. The van der Waals surface area contributed by atoms with Crippen LogP contribution in [0.3, 0.4) is 0 Å². The van der Waals surface area contributed by atoms with Gasteiger partial charge in [-0.25, -0.2) is 4.79 Å². The Kier molecular flexibility index (Phi) is 18.0. The van der Waals surface area contributed by atoms with E-state index in [2.05, 4.69) is 0 Å². The summed E-state index contributed by atoms with van der Waals surface area (Å²) in [6.07, 6.45) is 2.42. The monoisotopic (exact) mass is 779 g/mol. The summed E-state index contributed by atoms with van der Waals surface area (Å²) < 4.78 is 29.8. The molecule has 1 saturated heterocycles. The Labute approximate surface area is 327 Å². The minimum absolute atomic E-state index is 0.00168. The number of ether oxygens (including phenoxy) is 5. The van der Waals surface area contributed by atoms with Gasteiger partial charge in [0.1, 0.15) is 30.2 Å². The van der Waals surface area contributed by atoms with Crippen molar-refractivity contribution in [2.75, 3.05) is 0 Å². The van der Waals surface area contributed by atoms with Gasteiger partial charge in [0.15, 0.2) is 12.1 Å². The zero-order valence-electron chi connectivity index (χ0n) is 34.4. The average Bonchev–Trinajstić information content (AvgIpc) is 3.12.